The molecular weight excluding hydrogens is 212 g/mol. The topological polar surface area (TPSA) is 26.3 Å². The van der Waals surface area contributed by atoms with Crippen molar-refractivity contribution in [2.45, 2.75) is 66.9 Å². The first-order valence-corrected chi connectivity index (χ1v) is 6.93. The molecular formula is C15H28O2. The van der Waals surface area contributed by atoms with Gasteiger partial charge in [-0.2, -0.15) is 0 Å². The fourth-order valence-electron chi connectivity index (χ4n) is 2.56. The van der Waals surface area contributed by atoms with Gasteiger partial charge in [0.05, 0.1) is 5.41 Å². The Morgan fingerprint density at radius 1 is 1.24 bits per heavy atom. The average molecular weight is 240 g/mol. The van der Waals surface area contributed by atoms with E-state index in [9.17, 15) is 4.79 Å². The maximum absolute atomic E-state index is 12.0. The second-order valence-electron chi connectivity index (χ2n) is 7.02. The van der Waals surface area contributed by atoms with Crippen LogP contribution in [0.25, 0.3) is 0 Å². The molecule has 1 fully saturated rings. The first kappa shape index (κ1) is 14.5. The van der Waals surface area contributed by atoms with Gasteiger partial charge in [-0.05, 0) is 51.4 Å². The van der Waals surface area contributed by atoms with Crippen LogP contribution in [0.2, 0.25) is 0 Å². The Hall–Kier alpha value is -0.530. The molecule has 0 amide bonds. The molecule has 2 nitrogen and oxygen atoms in total. The second-order valence-corrected chi connectivity index (χ2v) is 7.02. The van der Waals surface area contributed by atoms with E-state index in [1.165, 1.54) is 12.8 Å². The van der Waals surface area contributed by atoms with E-state index in [-0.39, 0.29) is 17.5 Å². The van der Waals surface area contributed by atoms with Gasteiger partial charge < -0.3 is 4.74 Å². The molecule has 0 spiro atoms. The number of rotatable bonds is 2. The monoisotopic (exact) mass is 240 g/mol. The van der Waals surface area contributed by atoms with E-state index in [1.807, 2.05) is 20.8 Å². The first-order chi connectivity index (χ1) is 7.71. The van der Waals surface area contributed by atoms with Crippen molar-refractivity contribution < 1.29 is 9.53 Å². The minimum absolute atomic E-state index is 0.0535. The van der Waals surface area contributed by atoms with Gasteiger partial charge in [-0.15, -0.1) is 0 Å². The van der Waals surface area contributed by atoms with Crippen molar-refractivity contribution in [1.29, 1.82) is 0 Å². The molecule has 0 saturated heterocycles. The Kier molecular flexibility index (Phi) is 4.62. The normalized spacial score (nSPS) is 30.4. The number of carbonyl (C=O) groups is 1. The van der Waals surface area contributed by atoms with E-state index < -0.39 is 0 Å². The third kappa shape index (κ3) is 4.01. The molecule has 0 heterocycles. The van der Waals surface area contributed by atoms with Crippen LogP contribution in [0.3, 0.4) is 0 Å². The highest BCUT2D eigenvalue weighted by Gasteiger charge is 2.35. The molecule has 0 bridgehead atoms. The molecule has 0 aromatic carbocycles. The molecule has 100 valence electrons. The predicted molar refractivity (Wildman–Crippen MR) is 70.7 cm³/mol. The first-order valence-electron chi connectivity index (χ1n) is 6.93. The van der Waals surface area contributed by atoms with Crippen molar-refractivity contribution in [1.82, 2.24) is 0 Å². The average Bonchev–Trinajstić information content (AvgIpc) is 2.15. The van der Waals surface area contributed by atoms with E-state index in [4.69, 9.17) is 4.74 Å². The summed E-state index contributed by atoms with van der Waals surface area (Å²) in [7, 11) is 0. The van der Waals surface area contributed by atoms with Crippen LogP contribution in [0.5, 0.6) is 0 Å². The number of carbonyl (C=O) groups excluding carboxylic acids is 1. The van der Waals surface area contributed by atoms with Crippen molar-refractivity contribution in [3.8, 4) is 0 Å². The summed E-state index contributed by atoms with van der Waals surface area (Å²) in [5.74, 6) is 1.77. The lowest BCUT2D eigenvalue weighted by Gasteiger charge is -2.37. The van der Waals surface area contributed by atoms with Crippen LogP contribution in [0.15, 0.2) is 0 Å². The van der Waals surface area contributed by atoms with Gasteiger partial charge in [0.1, 0.15) is 6.10 Å². The van der Waals surface area contributed by atoms with Crippen LogP contribution in [-0.2, 0) is 9.53 Å². The summed E-state index contributed by atoms with van der Waals surface area (Å²) >= 11 is 0. The van der Waals surface area contributed by atoms with Crippen LogP contribution < -0.4 is 0 Å². The van der Waals surface area contributed by atoms with E-state index in [1.54, 1.807) is 0 Å². The minimum Gasteiger partial charge on any atom is -0.462 e. The molecule has 1 aliphatic carbocycles. The van der Waals surface area contributed by atoms with E-state index in [2.05, 4.69) is 20.8 Å². The molecule has 0 radical (unpaired) electrons. The van der Waals surface area contributed by atoms with Gasteiger partial charge >= 0.3 is 5.97 Å². The summed E-state index contributed by atoms with van der Waals surface area (Å²) in [6.45, 7) is 12.5. The van der Waals surface area contributed by atoms with Gasteiger partial charge in [0.15, 0.2) is 0 Å². The molecule has 3 atom stereocenters. The van der Waals surface area contributed by atoms with Crippen molar-refractivity contribution in [3.63, 3.8) is 0 Å². The molecule has 0 aromatic heterocycles. The lowest BCUT2D eigenvalue weighted by atomic mass is 9.75. The Bertz CT molecular complexity index is 263. The lowest BCUT2D eigenvalue weighted by Crippen LogP contribution is -2.38. The summed E-state index contributed by atoms with van der Waals surface area (Å²) in [5, 5.41) is 0. The molecule has 0 aromatic rings. The molecule has 0 N–H and O–H groups in total. The fourth-order valence-corrected chi connectivity index (χ4v) is 2.56. The van der Waals surface area contributed by atoms with E-state index in [0.717, 1.165) is 6.42 Å². The lowest BCUT2D eigenvalue weighted by molar-refractivity contribution is -0.165. The van der Waals surface area contributed by atoms with Gasteiger partial charge in [0.25, 0.3) is 0 Å². The van der Waals surface area contributed by atoms with Crippen LogP contribution in [-0.4, -0.2) is 12.1 Å². The van der Waals surface area contributed by atoms with Gasteiger partial charge in [0, 0.05) is 0 Å². The van der Waals surface area contributed by atoms with Crippen molar-refractivity contribution in [2.75, 3.05) is 0 Å². The molecule has 1 rings (SSSR count). The number of hydrogen-bond acceptors (Lipinski definition) is 2. The fraction of sp³-hybridized carbons (Fsp3) is 0.933. The van der Waals surface area contributed by atoms with Crippen molar-refractivity contribution in [3.05, 3.63) is 0 Å². The smallest absolute Gasteiger partial charge is 0.311 e. The summed E-state index contributed by atoms with van der Waals surface area (Å²) in [5.41, 5.74) is -0.387. The van der Waals surface area contributed by atoms with Gasteiger partial charge in [-0.25, -0.2) is 0 Å². The zero-order valence-corrected chi connectivity index (χ0v) is 12.2. The number of esters is 1. The zero-order valence-electron chi connectivity index (χ0n) is 12.2. The molecule has 17 heavy (non-hydrogen) atoms. The number of ether oxygens (including phenoxy) is 1. The number of hydrogen-bond donors (Lipinski definition) is 0. The summed E-state index contributed by atoms with van der Waals surface area (Å²) < 4.78 is 5.76. The van der Waals surface area contributed by atoms with E-state index in [0.29, 0.717) is 17.8 Å². The van der Waals surface area contributed by atoms with Crippen molar-refractivity contribution in [2.24, 2.45) is 23.2 Å². The molecule has 0 aliphatic heterocycles. The molecule has 1 saturated carbocycles. The van der Waals surface area contributed by atoms with Gasteiger partial charge in [0.2, 0.25) is 0 Å². The largest absolute Gasteiger partial charge is 0.462 e. The van der Waals surface area contributed by atoms with Crippen LogP contribution >= 0.6 is 0 Å². The highest BCUT2D eigenvalue weighted by atomic mass is 16.5. The Labute approximate surface area is 106 Å². The second kappa shape index (κ2) is 5.41. The molecule has 2 heteroatoms. The highest BCUT2D eigenvalue weighted by Crippen LogP contribution is 2.36. The van der Waals surface area contributed by atoms with E-state index >= 15 is 0 Å². The summed E-state index contributed by atoms with van der Waals surface area (Å²) in [6.07, 6.45) is 3.63. The Morgan fingerprint density at radius 2 is 1.82 bits per heavy atom. The predicted octanol–water partition coefficient (Wildman–Crippen LogP) is 4.04. The summed E-state index contributed by atoms with van der Waals surface area (Å²) in [6, 6.07) is 0. The zero-order chi connectivity index (χ0) is 13.2. The summed E-state index contributed by atoms with van der Waals surface area (Å²) in [4.78, 5) is 12.0. The third-order valence-electron chi connectivity index (χ3n) is 3.83. The Balaban J connectivity index is 2.67. The van der Waals surface area contributed by atoms with Gasteiger partial charge in [-0.3, -0.25) is 4.79 Å². The SMILES string of the molecule is CC(C)[C@@H]1CC[C@@H](C)C[C@H]1OC(=O)C(C)(C)C. The molecule has 0 unspecified atom stereocenters. The third-order valence-corrected chi connectivity index (χ3v) is 3.83. The minimum atomic E-state index is -0.387. The van der Waals surface area contributed by atoms with Crippen LogP contribution in [0.1, 0.15) is 60.8 Å². The highest BCUT2D eigenvalue weighted by molar-refractivity contribution is 5.75. The maximum atomic E-state index is 12.0. The molecule has 1 aliphatic rings. The quantitative estimate of drug-likeness (QED) is 0.681. The van der Waals surface area contributed by atoms with Gasteiger partial charge in [-0.1, -0.05) is 27.2 Å². The standard InChI is InChI=1S/C15H28O2/c1-10(2)12-8-7-11(3)9-13(12)17-14(16)15(4,5)6/h10-13H,7-9H2,1-6H3/t11-,12+,13-/m1/s1. The van der Waals surface area contributed by atoms with Crippen molar-refractivity contribution >= 4 is 5.97 Å². The maximum Gasteiger partial charge on any atom is 0.311 e. The van der Waals surface area contributed by atoms with Crippen LogP contribution in [0.4, 0.5) is 0 Å². The van der Waals surface area contributed by atoms with Crippen LogP contribution in [0, 0.1) is 23.2 Å². The Morgan fingerprint density at radius 3 is 2.29 bits per heavy atom.